The van der Waals surface area contributed by atoms with Crippen LogP contribution in [-0.2, 0) is 23.1 Å². The van der Waals surface area contributed by atoms with Gasteiger partial charge in [-0.3, -0.25) is 0 Å². The predicted molar refractivity (Wildman–Crippen MR) is 102 cm³/mol. The Morgan fingerprint density at radius 1 is 1.22 bits per heavy atom. The van der Waals surface area contributed by atoms with Crippen molar-refractivity contribution in [1.82, 2.24) is 4.72 Å². The molecular weight excluding hydrogens is 306 g/mol. The van der Waals surface area contributed by atoms with Crippen molar-refractivity contribution in [1.29, 1.82) is 0 Å². The third-order valence-corrected chi connectivity index (χ3v) is 4.68. The molecule has 1 aromatic carbocycles. The van der Waals surface area contributed by atoms with E-state index in [1.807, 2.05) is 0 Å². The van der Waals surface area contributed by atoms with Gasteiger partial charge in [-0.25, -0.2) is 0 Å². The number of thiol groups is 1. The normalized spacial score (nSPS) is 14.2. The van der Waals surface area contributed by atoms with Crippen LogP contribution in [0.25, 0.3) is 0 Å². The summed E-state index contributed by atoms with van der Waals surface area (Å²) in [5.74, 6) is 0. The summed E-state index contributed by atoms with van der Waals surface area (Å²) in [5.41, 5.74) is 2.72. The molecular formula is C19H35NO2S. The molecule has 0 radical (unpaired) electrons. The van der Waals surface area contributed by atoms with Crippen molar-refractivity contribution in [3.8, 4) is 0 Å². The van der Waals surface area contributed by atoms with Crippen LogP contribution in [0.1, 0.15) is 71.6 Å². The van der Waals surface area contributed by atoms with Crippen LogP contribution in [0, 0.1) is 0 Å². The van der Waals surface area contributed by atoms with Crippen LogP contribution in [0.2, 0.25) is 0 Å². The standard InChI is InChI=1S/C19H33NOS.H2O/c1-7-9-13-21-15(3)18(20-22-19(4,5)6)17-12-10-11-16(8-2)14-17;/h10-12,14-15,18,20H,7-9,13H2,1-6H3;1H2/t15-,18+;/m0./s1. The topological polar surface area (TPSA) is 51.3 Å². The van der Waals surface area contributed by atoms with Gasteiger partial charge in [0, 0.05) is 6.61 Å². The molecule has 3 nitrogen and oxygen atoms in total. The van der Waals surface area contributed by atoms with Crippen molar-refractivity contribution in [2.75, 3.05) is 6.61 Å². The summed E-state index contributed by atoms with van der Waals surface area (Å²) in [4.78, 5) is 0. The van der Waals surface area contributed by atoms with Gasteiger partial charge in [0.25, 0.3) is 0 Å². The van der Waals surface area contributed by atoms with Crippen LogP contribution < -0.4 is 4.72 Å². The van der Waals surface area contributed by atoms with Gasteiger partial charge in [-0.15, -0.1) is 4.72 Å². The highest BCUT2D eigenvalue weighted by Crippen LogP contribution is 2.23. The maximum atomic E-state index is 6.07. The highest BCUT2D eigenvalue weighted by atomic mass is 32.2. The van der Waals surface area contributed by atoms with Crippen molar-refractivity contribution in [2.24, 2.45) is 0 Å². The van der Waals surface area contributed by atoms with Gasteiger partial charge in [0.05, 0.1) is 18.1 Å². The quantitative estimate of drug-likeness (QED) is 0.410. The molecule has 0 amide bonds. The Morgan fingerprint density at radius 3 is 2.48 bits per heavy atom. The minimum atomic E-state index is 0. The van der Waals surface area contributed by atoms with Crippen LogP contribution in [0.4, 0.5) is 0 Å². The molecule has 134 valence electrons. The summed E-state index contributed by atoms with van der Waals surface area (Å²) in [7, 11) is 0. The zero-order valence-corrected chi connectivity index (χ0v) is 16.5. The SMILES string of the molecule is CCCCO[C@@H](C)[C@@H](N[SH+]C(C)(C)C)c1cccc(CC)c1.[OH-]. The first kappa shape index (κ1) is 22.4. The molecule has 0 aliphatic heterocycles. The second-order valence-electron chi connectivity index (χ2n) is 6.92. The molecule has 0 bridgehead atoms. The first-order valence-electron chi connectivity index (χ1n) is 8.55. The summed E-state index contributed by atoms with van der Waals surface area (Å²) in [6.07, 6.45) is 3.55. The van der Waals surface area contributed by atoms with Crippen LogP contribution in [-0.4, -0.2) is 22.9 Å². The first-order valence-corrected chi connectivity index (χ1v) is 9.44. The van der Waals surface area contributed by atoms with Gasteiger partial charge in [-0.1, -0.05) is 44.5 Å². The Morgan fingerprint density at radius 2 is 1.91 bits per heavy atom. The number of nitrogens with one attached hydrogen (secondary N) is 1. The number of aryl methyl sites for hydroxylation is 1. The molecule has 1 rings (SSSR count). The number of hydrogen-bond acceptors (Lipinski definition) is 3. The van der Waals surface area contributed by atoms with Gasteiger partial charge in [-0.05, 0) is 51.7 Å². The van der Waals surface area contributed by atoms with Gasteiger partial charge in [-0.2, -0.15) is 0 Å². The maximum absolute atomic E-state index is 6.07. The van der Waals surface area contributed by atoms with E-state index >= 15 is 0 Å². The highest BCUT2D eigenvalue weighted by molar-refractivity contribution is 7.77. The number of benzene rings is 1. The summed E-state index contributed by atoms with van der Waals surface area (Å²) < 4.78 is 10.0. The smallest absolute Gasteiger partial charge is 0.136 e. The fraction of sp³-hybridized carbons (Fsp3) is 0.684. The van der Waals surface area contributed by atoms with Crippen molar-refractivity contribution >= 4 is 11.9 Å². The minimum Gasteiger partial charge on any atom is -0.870 e. The lowest BCUT2D eigenvalue weighted by atomic mass is 10.00. The van der Waals surface area contributed by atoms with E-state index in [2.05, 4.69) is 70.5 Å². The van der Waals surface area contributed by atoms with Crippen molar-refractivity contribution in [2.45, 2.75) is 77.7 Å². The zero-order valence-electron chi connectivity index (χ0n) is 15.6. The molecule has 0 heterocycles. The van der Waals surface area contributed by atoms with E-state index in [4.69, 9.17) is 4.74 Å². The first-order chi connectivity index (χ1) is 10.4. The largest absolute Gasteiger partial charge is 0.870 e. The third-order valence-electron chi connectivity index (χ3n) is 3.61. The van der Waals surface area contributed by atoms with Crippen molar-refractivity contribution in [3.63, 3.8) is 0 Å². The average molecular weight is 342 g/mol. The average Bonchev–Trinajstić information content (AvgIpc) is 2.47. The maximum Gasteiger partial charge on any atom is 0.136 e. The Labute approximate surface area is 147 Å². The Balaban J connectivity index is 0.00000484. The summed E-state index contributed by atoms with van der Waals surface area (Å²) in [5, 5.41) is 0. The van der Waals surface area contributed by atoms with Gasteiger partial charge >= 0.3 is 0 Å². The minimum absolute atomic E-state index is 0. The highest BCUT2D eigenvalue weighted by Gasteiger charge is 2.28. The lowest BCUT2D eigenvalue weighted by molar-refractivity contribution is 0.0428. The Hall–Kier alpha value is -0.550. The van der Waals surface area contributed by atoms with Crippen molar-refractivity contribution in [3.05, 3.63) is 35.4 Å². The van der Waals surface area contributed by atoms with Crippen LogP contribution >= 0.6 is 0 Å². The number of rotatable bonds is 9. The second-order valence-corrected chi connectivity index (χ2v) is 8.74. The third kappa shape index (κ3) is 8.75. The van der Waals surface area contributed by atoms with Gasteiger partial charge in [0.2, 0.25) is 0 Å². The molecule has 2 N–H and O–H groups in total. The zero-order chi connectivity index (χ0) is 16.6. The molecule has 4 heteroatoms. The monoisotopic (exact) mass is 341 g/mol. The number of unbranched alkanes of at least 4 members (excludes halogenated alkanes) is 1. The Bertz CT molecular complexity index is 432. The molecule has 1 aromatic rings. The molecule has 2 atom stereocenters. The predicted octanol–water partition coefficient (Wildman–Crippen LogP) is 4.44. The van der Waals surface area contributed by atoms with E-state index < -0.39 is 0 Å². The van der Waals surface area contributed by atoms with Crippen LogP contribution in [0.5, 0.6) is 0 Å². The van der Waals surface area contributed by atoms with Crippen LogP contribution in [0.15, 0.2) is 24.3 Å². The molecule has 0 aliphatic rings. The molecule has 23 heavy (non-hydrogen) atoms. The van der Waals surface area contributed by atoms with E-state index in [-0.39, 0.29) is 22.4 Å². The molecule has 0 saturated carbocycles. The summed E-state index contributed by atoms with van der Waals surface area (Å²) in [6.45, 7) is 14.2. The van der Waals surface area contributed by atoms with E-state index in [0.717, 1.165) is 19.4 Å². The summed E-state index contributed by atoms with van der Waals surface area (Å²) in [6, 6.07) is 9.13. The fourth-order valence-corrected chi connectivity index (χ4v) is 3.12. The molecule has 0 aliphatic carbocycles. The Kier molecular flexibility index (Phi) is 10.8. The van der Waals surface area contributed by atoms with Gasteiger partial charge in [0.1, 0.15) is 10.8 Å². The summed E-state index contributed by atoms with van der Waals surface area (Å²) >= 11 is 1.25. The van der Waals surface area contributed by atoms with Crippen molar-refractivity contribution < 1.29 is 10.2 Å². The van der Waals surface area contributed by atoms with E-state index in [0.29, 0.717) is 0 Å². The van der Waals surface area contributed by atoms with E-state index in [9.17, 15) is 0 Å². The number of ether oxygens (including phenoxy) is 1. The molecule has 0 unspecified atom stereocenters. The van der Waals surface area contributed by atoms with E-state index in [1.165, 1.54) is 29.5 Å². The number of hydrogen-bond donors (Lipinski definition) is 1. The molecule has 0 aromatic heterocycles. The fourth-order valence-electron chi connectivity index (χ4n) is 2.23. The molecule has 0 fully saturated rings. The van der Waals surface area contributed by atoms with Gasteiger partial charge < -0.3 is 10.2 Å². The molecule has 0 spiro atoms. The van der Waals surface area contributed by atoms with Crippen LogP contribution in [0.3, 0.4) is 0 Å². The molecule has 0 saturated heterocycles. The lowest BCUT2D eigenvalue weighted by Gasteiger charge is -2.25. The lowest BCUT2D eigenvalue weighted by Crippen LogP contribution is -2.37. The second kappa shape index (κ2) is 11.1. The van der Waals surface area contributed by atoms with E-state index in [1.54, 1.807) is 0 Å². The van der Waals surface area contributed by atoms with Gasteiger partial charge in [0.15, 0.2) is 0 Å².